The Morgan fingerprint density at radius 1 is 1.38 bits per heavy atom. The lowest BCUT2D eigenvalue weighted by molar-refractivity contribution is -0.122. The third-order valence-corrected chi connectivity index (χ3v) is 5.82. The van der Waals surface area contributed by atoms with Crippen molar-refractivity contribution in [1.82, 2.24) is 19.2 Å². The van der Waals surface area contributed by atoms with Gasteiger partial charge in [-0.05, 0) is 12.3 Å². The van der Waals surface area contributed by atoms with E-state index in [1.807, 2.05) is 17.7 Å². The topological polar surface area (TPSA) is 84.3 Å². The van der Waals surface area contributed by atoms with Crippen LogP contribution in [-0.2, 0) is 27.8 Å². The van der Waals surface area contributed by atoms with Crippen LogP contribution in [-0.4, -0.2) is 53.6 Å². The Kier molecular flexibility index (Phi) is 6.40. The Hall–Kier alpha value is -1.41. The maximum absolute atomic E-state index is 12.3. The number of hydrogen-bond acceptors (Lipinski definition) is 4. The largest absolute Gasteiger partial charge is 0.352 e. The van der Waals surface area contributed by atoms with Gasteiger partial charge in [0, 0.05) is 50.9 Å². The Morgan fingerprint density at radius 3 is 2.75 bits per heavy atom. The zero-order valence-corrected chi connectivity index (χ0v) is 15.6. The average molecular weight is 356 g/mol. The smallest absolute Gasteiger partial charge is 0.222 e. The van der Waals surface area contributed by atoms with E-state index in [-0.39, 0.29) is 17.9 Å². The first kappa shape index (κ1) is 18.9. The van der Waals surface area contributed by atoms with Crippen LogP contribution < -0.4 is 5.32 Å². The molecule has 0 aromatic carbocycles. The number of aromatic nitrogens is 2. The van der Waals surface area contributed by atoms with Crippen LogP contribution in [0.5, 0.6) is 0 Å². The second kappa shape index (κ2) is 8.11. The van der Waals surface area contributed by atoms with Crippen LogP contribution in [0.25, 0.3) is 0 Å². The van der Waals surface area contributed by atoms with Gasteiger partial charge in [0.1, 0.15) is 5.82 Å². The van der Waals surface area contributed by atoms with E-state index in [1.165, 1.54) is 10.6 Å². The molecule has 1 aromatic rings. The molecule has 0 bridgehead atoms. The van der Waals surface area contributed by atoms with E-state index in [4.69, 9.17) is 0 Å². The van der Waals surface area contributed by atoms with Crippen molar-refractivity contribution in [3.8, 4) is 0 Å². The molecule has 7 nitrogen and oxygen atoms in total. The molecule has 1 aromatic heterocycles. The van der Waals surface area contributed by atoms with Gasteiger partial charge in [-0.3, -0.25) is 4.79 Å². The standard InChI is InChI=1S/C16H28N4O3S/c1-4-6-13-11-20(24(3,22)23)12-14(13)18-16(21)7-9-19-10-8-17-15(19)5-2/h8,10,13-14H,4-7,9,11-12H2,1-3H3,(H,18,21)/t13-,14-/m1/s1. The lowest BCUT2D eigenvalue weighted by Gasteiger charge is -2.19. The summed E-state index contributed by atoms with van der Waals surface area (Å²) in [5, 5.41) is 3.04. The van der Waals surface area contributed by atoms with Crippen molar-refractivity contribution in [3.63, 3.8) is 0 Å². The van der Waals surface area contributed by atoms with Crippen molar-refractivity contribution in [3.05, 3.63) is 18.2 Å². The van der Waals surface area contributed by atoms with E-state index < -0.39 is 10.0 Å². The lowest BCUT2D eigenvalue weighted by Crippen LogP contribution is -2.41. The number of amides is 1. The summed E-state index contributed by atoms with van der Waals surface area (Å²) in [6.45, 7) is 5.58. The van der Waals surface area contributed by atoms with Crippen LogP contribution in [0.2, 0.25) is 0 Å². The van der Waals surface area contributed by atoms with Crippen molar-refractivity contribution in [2.75, 3.05) is 19.3 Å². The molecule has 2 atom stereocenters. The van der Waals surface area contributed by atoms with Gasteiger partial charge in [0.05, 0.1) is 6.26 Å². The number of nitrogens with zero attached hydrogens (tertiary/aromatic N) is 3. The zero-order valence-electron chi connectivity index (χ0n) is 14.7. The molecule has 24 heavy (non-hydrogen) atoms. The number of carbonyl (C=O) groups excluding carboxylic acids is 1. The summed E-state index contributed by atoms with van der Waals surface area (Å²) in [6, 6.07) is -0.0967. The molecule has 2 heterocycles. The van der Waals surface area contributed by atoms with Gasteiger partial charge in [0.15, 0.2) is 0 Å². The second-order valence-corrected chi connectivity index (χ2v) is 8.43. The van der Waals surface area contributed by atoms with E-state index in [1.54, 1.807) is 6.20 Å². The summed E-state index contributed by atoms with van der Waals surface area (Å²) in [7, 11) is -3.21. The number of nitrogens with one attached hydrogen (secondary N) is 1. The Bertz CT molecular complexity index is 656. The number of sulfonamides is 1. The van der Waals surface area contributed by atoms with E-state index in [2.05, 4.69) is 17.2 Å². The molecule has 1 aliphatic rings. The van der Waals surface area contributed by atoms with Gasteiger partial charge in [-0.1, -0.05) is 20.3 Å². The Morgan fingerprint density at radius 2 is 2.12 bits per heavy atom. The van der Waals surface area contributed by atoms with Crippen LogP contribution >= 0.6 is 0 Å². The molecule has 136 valence electrons. The first-order valence-corrected chi connectivity index (χ1v) is 10.4. The molecular weight excluding hydrogens is 328 g/mol. The third-order valence-electron chi connectivity index (χ3n) is 4.58. The summed E-state index contributed by atoms with van der Waals surface area (Å²) < 4.78 is 27.0. The molecule has 0 spiro atoms. The Labute approximate surface area is 144 Å². The molecular formula is C16H28N4O3S. The molecule has 1 saturated heterocycles. The third kappa shape index (κ3) is 4.80. The van der Waals surface area contributed by atoms with Gasteiger partial charge in [-0.15, -0.1) is 0 Å². The summed E-state index contributed by atoms with van der Waals surface area (Å²) in [5.74, 6) is 1.12. The number of rotatable bonds is 8. The molecule has 0 aliphatic carbocycles. The molecule has 2 rings (SSSR count). The van der Waals surface area contributed by atoms with Crippen LogP contribution in [0, 0.1) is 5.92 Å². The highest BCUT2D eigenvalue weighted by Crippen LogP contribution is 2.23. The molecule has 1 amide bonds. The van der Waals surface area contributed by atoms with E-state index in [0.29, 0.717) is 26.1 Å². The highest BCUT2D eigenvalue weighted by molar-refractivity contribution is 7.88. The van der Waals surface area contributed by atoms with Crippen molar-refractivity contribution in [2.24, 2.45) is 5.92 Å². The predicted octanol–water partition coefficient (Wildman–Crippen LogP) is 1.01. The lowest BCUT2D eigenvalue weighted by atomic mass is 9.98. The maximum atomic E-state index is 12.3. The van der Waals surface area contributed by atoms with Crippen LogP contribution in [0.1, 0.15) is 38.9 Å². The highest BCUT2D eigenvalue weighted by atomic mass is 32.2. The van der Waals surface area contributed by atoms with Crippen LogP contribution in [0.3, 0.4) is 0 Å². The summed E-state index contributed by atoms with van der Waals surface area (Å²) >= 11 is 0. The molecule has 8 heteroatoms. The molecule has 0 saturated carbocycles. The van der Waals surface area contributed by atoms with Crippen molar-refractivity contribution < 1.29 is 13.2 Å². The molecule has 1 fully saturated rings. The first-order chi connectivity index (χ1) is 11.3. The van der Waals surface area contributed by atoms with E-state index in [0.717, 1.165) is 25.1 Å². The predicted molar refractivity (Wildman–Crippen MR) is 93.0 cm³/mol. The second-order valence-electron chi connectivity index (χ2n) is 6.44. The van der Waals surface area contributed by atoms with Gasteiger partial charge in [-0.25, -0.2) is 13.4 Å². The summed E-state index contributed by atoms with van der Waals surface area (Å²) in [4.78, 5) is 16.5. The van der Waals surface area contributed by atoms with Crippen LogP contribution in [0.4, 0.5) is 0 Å². The normalized spacial score (nSPS) is 22.0. The summed E-state index contributed by atoms with van der Waals surface area (Å²) in [6.07, 6.45) is 7.95. The van der Waals surface area contributed by atoms with E-state index in [9.17, 15) is 13.2 Å². The average Bonchev–Trinajstić information content (AvgIpc) is 3.12. The molecule has 0 radical (unpaired) electrons. The minimum Gasteiger partial charge on any atom is -0.352 e. The van der Waals surface area contributed by atoms with Gasteiger partial charge in [0.25, 0.3) is 0 Å². The first-order valence-electron chi connectivity index (χ1n) is 8.59. The molecule has 0 unspecified atom stereocenters. The number of imidazole rings is 1. The SMILES string of the molecule is CCC[C@@H]1CN(S(C)(=O)=O)C[C@H]1NC(=O)CCn1ccnc1CC. The van der Waals surface area contributed by atoms with E-state index >= 15 is 0 Å². The molecule has 1 aliphatic heterocycles. The number of aryl methyl sites for hydroxylation is 2. The number of hydrogen-bond donors (Lipinski definition) is 1. The fraction of sp³-hybridized carbons (Fsp3) is 0.750. The highest BCUT2D eigenvalue weighted by Gasteiger charge is 2.37. The fourth-order valence-electron chi connectivity index (χ4n) is 3.29. The monoisotopic (exact) mass is 356 g/mol. The quantitative estimate of drug-likeness (QED) is 0.753. The number of carbonyl (C=O) groups is 1. The fourth-order valence-corrected chi connectivity index (χ4v) is 4.18. The van der Waals surface area contributed by atoms with Crippen molar-refractivity contribution >= 4 is 15.9 Å². The maximum Gasteiger partial charge on any atom is 0.222 e. The van der Waals surface area contributed by atoms with Gasteiger partial charge in [0.2, 0.25) is 15.9 Å². The molecule has 1 N–H and O–H groups in total. The van der Waals surface area contributed by atoms with Crippen molar-refractivity contribution in [1.29, 1.82) is 0 Å². The zero-order chi connectivity index (χ0) is 17.7. The summed E-state index contributed by atoms with van der Waals surface area (Å²) in [5.41, 5.74) is 0. The van der Waals surface area contributed by atoms with Gasteiger partial charge < -0.3 is 9.88 Å². The Balaban J connectivity index is 1.91. The van der Waals surface area contributed by atoms with Crippen molar-refractivity contribution in [2.45, 2.75) is 52.1 Å². The minimum absolute atomic E-state index is 0.0350. The van der Waals surface area contributed by atoms with Gasteiger partial charge >= 0.3 is 0 Å². The van der Waals surface area contributed by atoms with Crippen LogP contribution in [0.15, 0.2) is 12.4 Å². The minimum atomic E-state index is -3.21. The van der Waals surface area contributed by atoms with Gasteiger partial charge in [-0.2, -0.15) is 4.31 Å².